The topological polar surface area (TPSA) is 35.2 Å². The van der Waals surface area contributed by atoms with E-state index in [9.17, 15) is 0 Å². The Labute approximate surface area is 95.4 Å². The zero-order chi connectivity index (χ0) is 10.7. The second-order valence-corrected chi connectivity index (χ2v) is 4.30. The lowest BCUT2D eigenvalue weighted by Gasteiger charge is -2.06. The maximum absolute atomic E-state index is 6.18. The number of nitrogens with two attached hydrogens (primary N) is 1. The highest BCUT2D eigenvalue weighted by Gasteiger charge is 2.14. The summed E-state index contributed by atoms with van der Waals surface area (Å²) in [7, 11) is 0. The molecule has 2 nitrogen and oxygen atoms in total. The molecule has 1 aromatic rings. The molecule has 0 saturated carbocycles. The van der Waals surface area contributed by atoms with Crippen LogP contribution in [0.3, 0.4) is 0 Å². The van der Waals surface area contributed by atoms with Crippen molar-refractivity contribution in [2.75, 3.05) is 13.2 Å². The molecule has 0 atom stereocenters. The number of fused-ring (bicyclic) bond motifs is 1. The first-order valence-corrected chi connectivity index (χ1v) is 5.83. The van der Waals surface area contributed by atoms with Gasteiger partial charge in [0.05, 0.1) is 6.61 Å². The van der Waals surface area contributed by atoms with Crippen LogP contribution >= 0.6 is 11.6 Å². The average molecular weight is 226 g/mol. The van der Waals surface area contributed by atoms with Gasteiger partial charge in [0, 0.05) is 11.4 Å². The Hall–Kier alpha value is -0.730. The zero-order valence-electron chi connectivity index (χ0n) is 8.76. The van der Waals surface area contributed by atoms with E-state index < -0.39 is 0 Å². The Morgan fingerprint density at radius 3 is 3.00 bits per heavy atom. The lowest BCUT2D eigenvalue weighted by molar-refractivity contribution is 0.357. The maximum atomic E-state index is 6.18. The summed E-state index contributed by atoms with van der Waals surface area (Å²) in [5.41, 5.74) is 7.99. The van der Waals surface area contributed by atoms with E-state index in [0.29, 0.717) is 0 Å². The van der Waals surface area contributed by atoms with Crippen molar-refractivity contribution in [2.24, 2.45) is 5.73 Å². The van der Waals surface area contributed by atoms with Gasteiger partial charge in [-0.15, -0.1) is 0 Å². The van der Waals surface area contributed by atoms with Crippen LogP contribution in [0.15, 0.2) is 12.1 Å². The van der Waals surface area contributed by atoms with Crippen molar-refractivity contribution >= 4 is 11.6 Å². The van der Waals surface area contributed by atoms with Crippen molar-refractivity contribution in [3.05, 3.63) is 28.3 Å². The molecule has 1 heterocycles. The molecule has 0 spiro atoms. The van der Waals surface area contributed by atoms with E-state index >= 15 is 0 Å². The fourth-order valence-corrected chi connectivity index (χ4v) is 2.15. The summed E-state index contributed by atoms with van der Waals surface area (Å²) in [6, 6.07) is 4.13. The lowest BCUT2D eigenvalue weighted by Crippen LogP contribution is -1.99. The second kappa shape index (κ2) is 4.86. The molecule has 0 saturated heterocycles. The Bertz CT molecular complexity index is 352. The third kappa shape index (κ3) is 2.44. The molecular weight excluding hydrogens is 210 g/mol. The number of hydrogen-bond acceptors (Lipinski definition) is 2. The van der Waals surface area contributed by atoms with Gasteiger partial charge in [0.2, 0.25) is 0 Å². The summed E-state index contributed by atoms with van der Waals surface area (Å²) in [6.45, 7) is 1.55. The van der Waals surface area contributed by atoms with Crippen molar-refractivity contribution in [3.63, 3.8) is 0 Å². The van der Waals surface area contributed by atoms with Gasteiger partial charge >= 0.3 is 0 Å². The predicted octanol–water partition coefficient (Wildman–Crippen LogP) is 2.56. The van der Waals surface area contributed by atoms with Gasteiger partial charge in [-0.05, 0) is 43.0 Å². The molecule has 0 radical (unpaired) electrons. The van der Waals surface area contributed by atoms with E-state index in [1.807, 2.05) is 6.07 Å². The van der Waals surface area contributed by atoms with Crippen LogP contribution in [0.25, 0.3) is 0 Å². The van der Waals surface area contributed by atoms with E-state index in [1.165, 1.54) is 11.1 Å². The number of aryl methyl sites for hydroxylation is 1. The molecule has 1 aliphatic rings. The molecule has 1 aliphatic heterocycles. The molecule has 0 unspecified atom stereocenters. The van der Waals surface area contributed by atoms with Crippen LogP contribution in [0.5, 0.6) is 5.75 Å². The van der Waals surface area contributed by atoms with Crippen LogP contribution in [-0.2, 0) is 12.8 Å². The average Bonchev–Trinajstić information content (AvgIpc) is 2.65. The monoisotopic (exact) mass is 225 g/mol. The van der Waals surface area contributed by atoms with Crippen LogP contribution in [0.4, 0.5) is 0 Å². The van der Waals surface area contributed by atoms with Gasteiger partial charge < -0.3 is 10.5 Å². The summed E-state index contributed by atoms with van der Waals surface area (Å²) in [4.78, 5) is 0. The SMILES string of the molecule is NCCCCc1cc2c(cc1Cl)OCC2. The van der Waals surface area contributed by atoms with Gasteiger partial charge in [-0.25, -0.2) is 0 Å². The molecule has 15 heavy (non-hydrogen) atoms. The van der Waals surface area contributed by atoms with Crippen LogP contribution in [-0.4, -0.2) is 13.2 Å². The normalized spacial score (nSPS) is 13.7. The highest BCUT2D eigenvalue weighted by atomic mass is 35.5. The van der Waals surface area contributed by atoms with E-state index in [-0.39, 0.29) is 0 Å². The third-order valence-corrected chi connectivity index (χ3v) is 3.11. The molecule has 0 aromatic heterocycles. The highest BCUT2D eigenvalue weighted by Crippen LogP contribution is 2.31. The Morgan fingerprint density at radius 2 is 2.20 bits per heavy atom. The van der Waals surface area contributed by atoms with E-state index in [1.54, 1.807) is 0 Å². The minimum Gasteiger partial charge on any atom is -0.493 e. The quantitative estimate of drug-likeness (QED) is 0.800. The van der Waals surface area contributed by atoms with Gasteiger partial charge in [-0.3, -0.25) is 0 Å². The van der Waals surface area contributed by atoms with Crippen molar-refractivity contribution in [2.45, 2.75) is 25.7 Å². The van der Waals surface area contributed by atoms with Crippen LogP contribution < -0.4 is 10.5 Å². The van der Waals surface area contributed by atoms with Gasteiger partial charge in [0.1, 0.15) is 5.75 Å². The van der Waals surface area contributed by atoms with Crippen LogP contribution in [0.2, 0.25) is 5.02 Å². The summed E-state index contributed by atoms with van der Waals surface area (Å²) in [5, 5.41) is 0.827. The Kier molecular flexibility index (Phi) is 3.49. The smallest absolute Gasteiger partial charge is 0.124 e. The second-order valence-electron chi connectivity index (χ2n) is 3.90. The highest BCUT2D eigenvalue weighted by molar-refractivity contribution is 6.31. The lowest BCUT2D eigenvalue weighted by atomic mass is 10.0. The van der Waals surface area contributed by atoms with Crippen molar-refractivity contribution in [1.82, 2.24) is 0 Å². The molecule has 3 heteroatoms. The van der Waals surface area contributed by atoms with Crippen LogP contribution in [0, 0.1) is 0 Å². The molecule has 0 amide bonds. The molecular formula is C12H16ClNO. The van der Waals surface area contributed by atoms with E-state index in [0.717, 1.165) is 49.6 Å². The Balaban J connectivity index is 2.10. The number of benzene rings is 1. The fraction of sp³-hybridized carbons (Fsp3) is 0.500. The summed E-state index contributed by atoms with van der Waals surface area (Å²) in [5.74, 6) is 0.961. The number of halogens is 1. The molecule has 0 bridgehead atoms. The predicted molar refractivity (Wildman–Crippen MR) is 62.6 cm³/mol. The summed E-state index contributed by atoms with van der Waals surface area (Å²) in [6.07, 6.45) is 4.19. The number of hydrogen-bond donors (Lipinski definition) is 1. The van der Waals surface area contributed by atoms with Crippen LogP contribution in [0.1, 0.15) is 24.0 Å². The number of ether oxygens (including phenoxy) is 1. The van der Waals surface area contributed by atoms with Crippen molar-refractivity contribution in [1.29, 1.82) is 0 Å². The first-order chi connectivity index (χ1) is 7.31. The summed E-state index contributed by atoms with van der Waals surface area (Å²) < 4.78 is 5.46. The van der Waals surface area contributed by atoms with E-state index in [4.69, 9.17) is 22.1 Å². The molecule has 2 rings (SSSR count). The van der Waals surface area contributed by atoms with Gasteiger partial charge in [0.15, 0.2) is 0 Å². The third-order valence-electron chi connectivity index (χ3n) is 2.76. The Morgan fingerprint density at radius 1 is 1.33 bits per heavy atom. The first-order valence-electron chi connectivity index (χ1n) is 5.45. The molecule has 0 aliphatic carbocycles. The fourth-order valence-electron chi connectivity index (χ4n) is 1.90. The molecule has 1 aromatic carbocycles. The number of rotatable bonds is 4. The molecule has 82 valence electrons. The minimum absolute atomic E-state index is 0.756. The van der Waals surface area contributed by atoms with E-state index in [2.05, 4.69) is 6.07 Å². The maximum Gasteiger partial charge on any atom is 0.124 e. The van der Waals surface area contributed by atoms with Crippen molar-refractivity contribution < 1.29 is 4.74 Å². The van der Waals surface area contributed by atoms with Crippen molar-refractivity contribution in [3.8, 4) is 5.75 Å². The largest absolute Gasteiger partial charge is 0.493 e. The van der Waals surface area contributed by atoms with Gasteiger partial charge in [-0.1, -0.05) is 17.7 Å². The molecule has 0 fully saturated rings. The number of unbranched alkanes of at least 4 members (excludes halogenated alkanes) is 1. The minimum atomic E-state index is 0.756. The zero-order valence-corrected chi connectivity index (χ0v) is 9.52. The molecule has 2 N–H and O–H groups in total. The van der Waals surface area contributed by atoms with Gasteiger partial charge in [0.25, 0.3) is 0 Å². The summed E-state index contributed by atoms with van der Waals surface area (Å²) >= 11 is 6.18. The standard InChI is InChI=1S/C12H16ClNO/c13-11-8-12-10(4-6-15-12)7-9(11)3-1-2-5-14/h7-8H,1-6,14H2. The van der Waals surface area contributed by atoms with Gasteiger partial charge in [-0.2, -0.15) is 0 Å². The first kappa shape index (κ1) is 10.8.